The Bertz CT molecular complexity index is 604. The first kappa shape index (κ1) is 21.1. The number of fused-ring (bicyclic) bond motifs is 1. The van der Waals surface area contributed by atoms with Crippen molar-refractivity contribution in [3.63, 3.8) is 0 Å². The number of guanidine groups is 1. The molecule has 6 nitrogen and oxygen atoms in total. The molecular formula is C22H37N5O. The predicted octanol–water partition coefficient (Wildman–Crippen LogP) is 2.10. The zero-order valence-corrected chi connectivity index (χ0v) is 17.7. The minimum absolute atomic E-state index is 0.237. The van der Waals surface area contributed by atoms with Crippen LogP contribution in [0.1, 0.15) is 38.3 Å². The summed E-state index contributed by atoms with van der Waals surface area (Å²) in [5.41, 5.74) is 1.34. The van der Waals surface area contributed by atoms with E-state index in [-0.39, 0.29) is 6.10 Å². The molecule has 0 aromatic heterocycles. The Morgan fingerprint density at radius 2 is 2.04 bits per heavy atom. The zero-order chi connectivity index (χ0) is 19.8. The lowest BCUT2D eigenvalue weighted by Crippen LogP contribution is -2.52. The third kappa shape index (κ3) is 5.46. The molecule has 0 spiro atoms. The molecule has 3 unspecified atom stereocenters. The molecule has 0 saturated carbocycles. The average Bonchev–Trinajstić information content (AvgIpc) is 3.21. The highest BCUT2D eigenvalue weighted by molar-refractivity contribution is 5.79. The highest BCUT2D eigenvalue weighted by Crippen LogP contribution is 2.22. The topological polar surface area (TPSA) is 52.1 Å². The van der Waals surface area contributed by atoms with Crippen LogP contribution in [0, 0.1) is 0 Å². The molecule has 1 aromatic rings. The van der Waals surface area contributed by atoms with Gasteiger partial charge >= 0.3 is 0 Å². The second kappa shape index (κ2) is 10.8. The van der Waals surface area contributed by atoms with Crippen molar-refractivity contribution in [1.82, 2.24) is 20.4 Å². The Morgan fingerprint density at radius 1 is 1.25 bits per heavy atom. The summed E-state index contributed by atoms with van der Waals surface area (Å²) in [5.74, 6) is 0.847. The van der Waals surface area contributed by atoms with E-state index in [2.05, 4.69) is 69.6 Å². The highest BCUT2D eigenvalue weighted by atomic mass is 16.5. The first-order valence-electron chi connectivity index (χ1n) is 10.8. The van der Waals surface area contributed by atoms with E-state index in [0.29, 0.717) is 12.1 Å². The van der Waals surface area contributed by atoms with E-state index in [4.69, 9.17) is 4.74 Å². The van der Waals surface area contributed by atoms with Gasteiger partial charge in [-0.15, -0.1) is 0 Å². The smallest absolute Gasteiger partial charge is 0.191 e. The van der Waals surface area contributed by atoms with Crippen molar-refractivity contribution in [2.45, 2.75) is 44.9 Å². The number of ether oxygens (including phenoxy) is 1. The average molecular weight is 388 g/mol. The second-order valence-electron chi connectivity index (χ2n) is 7.73. The fourth-order valence-electron chi connectivity index (χ4n) is 4.43. The number of morpholine rings is 1. The van der Waals surface area contributed by atoms with Crippen LogP contribution in [0.5, 0.6) is 0 Å². The van der Waals surface area contributed by atoms with Crippen molar-refractivity contribution in [3.8, 4) is 0 Å². The first-order valence-corrected chi connectivity index (χ1v) is 10.8. The van der Waals surface area contributed by atoms with Gasteiger partial charge in [0.05, 0.1) is 18.8 Å². The van der Waals surface area contributed by atoms with E-state index in [1.807, 2.05) is 7.05 Å². The molecule has 2 saturated heterocycles. The lowest BCUT2D eigenvalue weighted by Gasteiger charge is -2.35. The number of hydrogen-bond donors (Lipinski definition) is 2. The summed E-state index contributed by atoms with van der Waals surface area (Å²) in [5, 5.41) is 7.00. The number of rotatable bonds is 8. The van der Waals surface area contributed by atoms with E-state index in [0.717, 1.165) is 45.3 Å². The summed E-state index contributed by atoms with van der Waals surface area (Å²) in [6.07, 6.45) is 2.83. The van der Waals surface area contributed by atoms with E-state index >= 15 is 0 Å². The van der Waals surface area contributed by atoms with Crippen LogP contribution in [0.4, 0.5) is 0 Å². The minimum Gasteiger partial charge on any atom is -0.373 e. The van der Waals surface area contributed by atoms with E-state index in [1.54, 1.807) is 0 Å². The fraction of sp³-hybridized carbons (Fsp3) is 0.682. The molecule has 0 bridgehead atoms. The number of hydrogen-bond acceptors (Lipinski definition) is 4. The van der Waals surface area contributed by atoms with Gasteiger partial charge in [-0.1, -0.05) is 44.2 Å². The molecule has 2 heterocycles. The predicted molar refractivity (Wildman–Crippen MR) is 116 cm³/mol. The summed E-state index contributed by atoms with van der Waals surface area (Å²) in [6, 6.07) is 11.7. The summed E-state index contributed by atoms with van der Waals surface area (Å²) in [7, 11) is 1.84. The summed E-state index contributed by atoms with van der Waals surface area (Å²) in [4.78, 5) is 9.48. The molecule has 3 rings (SSSR count). The molecule has 0 aliphatic carbocycles. The molecule has 2 aliphatic rings. The van der Waals surface area contributed by atoms with E-state index < -0.39 is 0 Å². The van der Waals surface area contributed by atoms with Gasteiger partial charge in [0.1, 0.15) is 0 Å². The van der Waals surface area contributed by atoms with E-state index in [9.17, 15) is 0 Å². The van der Waals surface area contributed by atoms with Gasteiger partial charge in [-0.3, -0.25) is 14.8 Å². The van der Waals surface area contributed by atoms with Crippen molar-refractivity contribution in [3.05, 3.63) is 35.9 Å². The van der Waals surface area contributed by atoms with Gasteiger partial charge in [0, 0.05) is 32.7 Å². The Kier molecular flexibility index (Phi) is 8.13. The zero-order valence-electron chi connectivity index (χ0n) is 17.7. The molecule has 3 atom stereocenters. The number of aliphatic imine (C=N–C) groups is 1. The molecule has 2 fully saturated rings. The third-order valence-electron chi connectivity index (χ3n) is 6.08. The molecule has 6 heteroatoms. The molecule has 28 heavy (non-hydrogen) atoms. The molecular weight excluding hydrogens is 350 g/mol. The minimum atomic E-state index is 0.237. The molecule has 156 valence electrons. The Hall–Kier alpha value is -1.63. The van der Waals surface area contributed by atoms with Crippen LogP contribution in [0.3, 0.4) is 0 Å². The van der Waals surface area contributed by atoms with Gasteiger partial charge in [-0.05, 0) is 38.0 Å². The van der Waals surface area contributed by atoms with E-state index in [1.165, 1.54) is 24.9 Å². The lowest BCUT2D eigenvalue weighted by atomic mass is 10.1. The fourth-order valence-corrected chi connectivity index (χ4v) is 4.43. The Morgan fingerprint density at radius 3 is 2.75 bits per heavy atom. The van der Waals surface area contributed by atoms with Crippen molar-refractivity contribution in [2.75, 3.05) is 52.9 Å². The second-order valence-corrected chi connectivity index (χ2v) is 7.73. The van der Waals surface area contributed by atoms with Crippen LogP contribution in [0.15, 0.2) is 35.3 Å². The van der Waals surface area contributed by atoms with Crippen molar-refractivity contribution in [1.29, 1.82) is 0 Å². The first-order chi connectivity index (χ1) is 13.7. The standard InChI is InChI=1S/C22H37N5O/c1-4-26(5-2)21(18-10-7-6-8-11-18)15-25-22(23-3)24-14-20-16-27-13-9-12-19(27)17-28-20/h6-8,10-11,19-21H,4-5,9,12-17H2,1-3H3,(H2,23,24,25). The van der Waals surface area contributed by atoms with Gasteiger partial charge in [0.25, 0.3) is 0 Å². The normalized spacial score (nSPS) is 24.2. The van der Waals surface area contributed by atoms with Gasteiger partial charge < -0.3 is 15.4 Å². The summed E-state index contributed by atoms with van der Waals surface area (Å²) < 4.78 is 6.06. The van der Waals surface area contributed by atoms with Crippen LogP contribution >= 0.6 is 0 Å². The van der Waals surface area contributed by atoms with Crippen LogP contribution in [-0.2, 0) is 4.74 Å². The van der Waals surface area contributed by atoms with Gasteiger partial charge in [-0.25, -0.2) is 0 Å². The Balaban J connectivity index is 1.51. The maximum atomic E-state index is 6.06. The van der Waals surface area contributed by atoms with Crippen LogP contribution < -0.4 is 10.6 Å². The molecule has 0 radical (unpaired) electrons. The SMILES string of the molecule is CCN(CC)C(CNC(=NC)NCC1CN2CCCC2CO1)c1ccccc1. The van der Waals surface area contributed by atoms with Crippen molar-refractivity contribution < 1.29 is 4.74 Å². The quantitative estimate of drug-likeness (QED) is 0.528. The Labute approximate surface area is 170 Å². The van der Waals surface area contributed by atoms with Gasteiger partial charge in [0.15, 0.2) is 5.96 Å². The number of likely N-dealkylation sites (N-methyl/N-ethyl adjacent to an activating group) is 1. The van der Waals surface area contributed by atoms with Crippen LogP contribution in [0.2, 0.25) is 0 Å². The lowest BCUT2D eigenvalue weighted by molar-refractivity contribution is -0.0453. The van der Waals surface area contributed by atoms with Gasteiger partial charge in [0.2, 0.25) is 0 Å². The number of nitrogens with zero attached hydrogens (tertiary/aromatic N) is 3. The molecule has 2 aliphatic heterocycles. The van der Waals surface area contributed by atoms with Gasteiger partial charge in [-0.2, -0.15) is 0 Å². The summed E-state index contributed by atoms with van der Waals surface area (Å²) >= 11 is 0. The van der Waals surface area contributed by atoms with Crippen molar-refractivity contribution in [2.24, 2.45) is 4.99 Å². The monoisotopic (exact) mass is 387 g/mol. The van der Waals surface area contributed by atoms with Crippen LogP contribution in [-0.4, -0.2) is 80.8 Å². The van der Waals surface area contributed by atoms with Crippen molar-refractivity contribution >= 4 is 5.96 Å². The maximum absolute atomic E-state index is 6.06. The molecule has 2 N–H and O–H groups in total. The maximum Gasteiger partial charge on any atom is 0.191 e. The number of nitrogens with one attached hydrogen (secondary N) is 2. The number of benzene rings is 1. The third-order valence-corrected chi connectivity index (χ3v) is 6.08. The molecule has 0 amide bonds. The highest BCUT2D eigenvalue weighted by Gasteiger charge is 2.32. The molecule has 1 aromatic carbocycles. The summed E-state index contributed by atoms with van der Waals surface area (Å²) in [6.45, 7) is 11.2. The largest absolute Gasteiger partial charge is 0.373 e. The van der Waals surface area contributed by atoms with Crippen LogP contribution in [0.25, 0.3) is 0 Å².